The Hall–Kier alpha value is -2.02. The van der Waals surface area contributed by atoms with E-state index >= 15 is 0 Å². The molecule has 1 N–H and O–H groups in total. The largest absolute Gasteiger partial charge is 0.495 e. The Labute approximate surface area is 159 Å². The maximum Gasteiger partial charge on any atom is 0.234 e. The van der Waals surface area contributed by atoms with Gasteiger partial charge in [-0.15, -0.1) is 10.2 Å². The van der Waals surface area contributed by atoms with Crippen LogP contribution >= 0.6 is 11.8 Å². The van der Waals surface area contributed by atoms with E-state index in [9.17, 15) is 4.79 Å². The molecule has 1 aromatic heterocycles. The lowest BCUT2D eigenvalue weighted by atomic mass is 10.1. The molecule has 0 aliphatic heterocycles. The summed E-state index contributed by atoms with van der Waals surface area (Å²) >= 11 is 1.39. The van der Waals surface area contributed by atoms with Gasteiger partial charge in [0.05, 0.1) is 18.6 Å². The van der Waals surface area contributed by atoms with Gasteiger partial charge in [0.2, 0.25) is 5.91 Å². The monoisotopic (exact) mass is 376 g/mol. The zero-order chi connectivity index (χ0) is 18.8. The van der Waals surface area contributed by atoms with Crippen LogP contribution in [0, 0.1) is 0 Å². The number of anilines is 1. The Morgan fingerprint density at radius 1 is 1.19 bits per heavy atom. The van der Waals surface area contributed by atoms with Gasteiger partial charge in [-0.25, -0.2) is 0 Å². The first-order valence-electron chi connectivity index (χ1n) is 9.09. The predicted octanol–water partition coefficient (Wildman–Crippen LogP) is 4.07. The number of methoxy groups -OCH3 is 1. The third-order valence-electron chi connectivity index (χ3n) is 4.14. The minimum atomic E-state index is -0.0939. The van der Waals surface area contributed by atoms with Crippen molar-refractivity contribution in [2.24, 2.45) is 7.05 Å². The number of para-hydroxylation sites is 2. The van der Waals surface area contributed by atoms with Crippen LogP contribution in [-0.4, -0.2) is 33.5 Å². The number of hydrogen-bond acceptors (Lipinski definition) is 5. The van der Waals surface area contributed by atoms with E-state index in [1.165, 1.54) is 37.4 Å². The molecule has 0 saturated carbocycles. The highest BCUT2D eigenvalue weighted by atomic mass is 32.2. The smallest absolute Gasteiger partial charge is 0.234 e. The van der Waals surface area contributed by atoms with Crippen LogP contribution < -0.4 is 10.1 Å². The quantitative estimate of drug-likeness (QED) is 0.473. The first-order valence-corrected chi connectivity index (χ1v) is 10.1. The molecule has 0 radical (unpaired) electrons. The number of aryl methyl sites for hydroxylation is 1. The fourth-order valence-electron chi connectivity index (χ4n) is 2.64. The summed E-state index contributed by atoms with van der Waals surface area (Å²) in [6.45, 7) is 2.22. The molecule has 0 saturated heterocycles. The zero-order valence-electron chi connectivity index (χ0n) is 15.8. The third-order valence-corrected chi connectivity index (χ3v) is 5.16. The number of unbranched alkanes of at least 4 members (excludes halogenated alkanes) is 4. The van der Waals surface area contributed by atoms with Gasteiger partial charge in [-0.2, -0.15) is 0 Å². The Morgan fingerprint density at radius 2 is 1.96 bits per heavy atom. The van der Waals surface area contributed by atoms with Crippen molar-refractivity contribution in [2.45, 2.75) is 50.6 Å². The maximum absolute atomic E-state index is 12.2. The molecule has 0 spiro atoms. The third kappa shape index (κ3) is 6.05. The lowest BCUT2D eigenvalue weighted by Crippen LogP contribution is -2.15. The molecule has 0 bridgehead atoms. The number of rotatable bonds is 11. The minimum absolute atomic E-state index is 0.0939. The summed E-state index contributed by atoms with van der Waals surface area (Å²) in [5.41, 5.74) is 0.673. The molecular weight excluding hydrogens is 348 g/mol. The Balaban J connectivity index is 1.81. The van der Waals surface area contributed by atoms with E-state index in [2.05, 4.69) is 22.4 Å². The SMILES string of the molecule is CCCCCCCc1nnc(SCC(=O)Nc2ccccc2OC)n1C. The molecule has 26 heavy (non-hydrogen) atoms. The maximum atomic E-state index is 12.2. The van der Waals surface area contributed by atoms with Gasteiger partial charge >= 0.3 is 0 Å². The van der Waals surface area contributed by atoms with Gasteiger partial charge in [0, 0.05) is 13.5 Å². The van der Waals surface area contributed by atoms with Crippen LogP contribution in [0.25, 0.3) is 0 Å². The molecule has 0 fully saturated rings. The normalized spacial score (nSPS) is 10.7. The van der Waals surface area contributed by atoms with Crippen LogP contribution in [0.1, 0.15) is 44.9 Å². The number of aromatic nitrogens is 3. The topological polar surface area (TPSA) is 69.0 Å². The number of benzene rings is 1. The molecule has 7 heteroatoms. The van der Waals surface area contributed by atoms with Crippen molar-refractivity contribution >= 4 is 23.4 Å². The molecule has 6 nitrogen and oxygen atoms in total. The second-order valence-electron chi connectivity index (χ2n) is 6.16. The molecule has 0 aliphatic rings. The number of carbonyl (C=O) groups is 1. The molecule has 1 heterocycles. The number of thioether (sulfide) groups is 1. The Bertz CT molecular complexity index is 703. The number of hydrogen-bond donors (Lipinski definition) is 1. The Kier molecular flexibility index (Phi) is 8.47. The van der Waals surface area contributed by atoms with Crippen molar-refractivity contribution in [1.29, 1.82) is 0 Å². The molecule has 142 valence electrons. The molecule has 1 aromatic carbocycles. The average Bonchev–Trinajstić information content (AvgIpc) is 3.00. The van der Waals surface area contributed by atoms with Gasteiger partial charge in [0.15, 0.2) is 5.16 Å². The first-order chi connectivity index (χ1) is 12.7. The van der Waals surface area contributed by atoms with Crippen LogP contribution in [0.5, 0.6) is 5.75 Å². The van der Waals surface area contributed by atoms with Crippen molar-refractivity contribution in [2.75, 3.05) is 18.2 Å². The summed E-state index contributed by atoms with van der Waals surface area (Å²) in [6.07, 6.45) is 7.11. The van der Waals surface area contributed by atoms with Gasteiger partial charge in [-0.05, 0) is 18.6 Å². The molecule has 2 rings (SSSR count). The van der Waals surface area contributed by atoms with Crippen LogP contribution in [0.15, 0.2) is 29.4 Å². The predicted molar refractivity (Wildman–Crippen MR) is 106 cm³/mol. The summed E-state index contributed by atoms with van der Waals surface area (Å²) in [6, 6.07) is 7.37. The number of nitrogens with one attached hydrogen (secondary N) is 1. The van der Waals surface area contributed by atoms with Crippen molar-refractivity contribution in [3.8, 4) is 5.75 Å². The minimum Gasteiger partial charge on any atom is -0.495 e. The molecule has 2 aromatic rings. The first kappa shape index (κ1) is 20.3. The van der Waals surface area contributed by atoms with Crippen molar-refractivity contribution in [3.05, 3.63) is 30.1 Å². The fraction of sp³-hybridized carbons (Fsp3) is 0.526. The molecule has 0 unspecified atom stereocenters. The average molecular weight is 377 g/mol. The van der Waals surface area contributed by atoms with E-state index < -0.39 is 0 Å². The summed E-state index contributed by atoms with van der Waals surface area (Å²) in [5.74, 6) is 1.81. The Morgan fingerprint density at radius 3 is 2.73 bits per heavy atom. The number of ether oxygens (including phenoxy) is 1. The van der Waals surface area contributed by atoms with Crippen molar-refractivity contribution < 1.29 is 9.53 Å². The lowest BCUT2D eigenvalue weighted by molar-refractivity contribution is -0.113. The number of carbonyl (C=O) groups excluding carboxylic acids is 1. The highest BCUT2D eigenvalue weighted by molar-refractivity contribution is 7.99. The fourth-order valence-corrected chi connectivity index (χ4v) is 3.37. The van der Waals surface area contributed by atoms with E-state index in [4.69, 9.17) is 4.74 Å². The second kappa shape index (κ2) is 10.9. The zero-order valence-corrected chi connectivity index (χ0v) is 16.6. The molecule has 0 atom stereocenters. The molecular formula is C19H28N4O2S. The standard InChI is InChI=1S/C19H28N4O2S/c1-4-5-6-7-8-13-17-21-22-19(23(17)2)26-14-18(24)20-15-11-9-10-12-16(15)25-3/h9-12H,4-8,13-14H2,1-3H3,(H,20,24). The van der Waals surface area contributed by atoms with Gasteiger partial charge in [0.25, 0.3) is 0 Å². The van der Waals surface area contributed by atoms with E-state index in [0.717, 1.165) is 23.8 Å². The van der Waals surface area contributed by atoms with Crippen molar-refractivity contribution in [1.82, 2.24) is 14.8 Å². The summed E-state index contributed by atoms with van der Waals surface area (Å²) < 4.78 is 7.23. The van der Waals surface area contributed by atoms with Gasteiger partial charge in [-0.3, -0.25) is 4.79 Å². The highest BCUT2D eigenvalue weighted by Gasteiger charge is 2.12. The van der Waals surface area contributed by atoms with Gasteiger partial charge in [0.1, 0.15) is 11.6 Å². The van der Waals surface area contributed by atoms with Crippen LogP contribution in [0.3, 0.4) is 0 Å². The van der Waals surface area contributed by atoms with Crippen LogP contribution in [0.4, 0.5) is 5.69 Å². The summed E-state index contributed by atoms with van der Waals surface area (Å²) in [7, 11) is 3.55. The highest BCUT2D eigenvalue weighted by Crippen LogP contribution is 2.24. The lowest BCUT2D eigenvalue weighted by Gasteiger charge is -2.09. The number of amides is 1. The van der Waals surface area contributed by atoms with E-state index in [1.54, 1.807) is 7.11 Å². The van der Waals surface area contributed by atoms with Crippen LogP contribution in [0.2, 0.25) is 0 Å². The van der Waals surface area contributed by atoms with E-state index in [-0.39, 0.29) is 11.7 Å². The second-order valence-corrected chi connectivity index (χ2v) is 7.10. The van der Waals surface area contributed by atoms with Gasteiger partial charge in [-0.1, -0.05) is 56.5 Å². The summed E-state index contributed by atoms with van der Waals surface area (Å²) in [5, 5.41) is 12.1. The van der Waals surface area contributed by atoms with Crippen LogP contribution in [-0.2, 0) is 18.3 Å². The number of nitrogens with zero attached hydrogens (tertiary/aromatic N) is 3. The summed E-state index contributed by atoms with van der Waals surface area (Å²) in [4.78, 5) is 12.2. The van der Waals surface area contributed by atoms with Crippen molar-refractivity contribution in [3.63, 3.8) is 0 Å². The van der Waals surface area contributed by atoms with E-state index in [1.807, 2.05) is 35.9 Å². The molecule has 0 aliphatic carbocycles. The van der Waals surface area contributed by atoms with E-state index in [0.29, 0.717) is 11.4 Å². The molecule has 1 amide bonds. The van der Waals surface area contributed by atoms with Gasteiger partial charge < -0.3 is 14.6 Å².